The number of fused-ring (bicyclic) bond motifs is 1. The molecule has 6 nitrogen and oxygen atoms in total. The summed E-state index contributed by atoms with van der Waals surface area (Å²) in [5.74, 6) is 1.17. The second kappa shape index (κ2) is 8.30. The molecule has 0 bridgehead atoms. The van der Waals surface area contributed by atoms with Gasteiger partial charge in [0.1, 0.15) is 17.3 Å². The quantitative estimate of drug-likeness (QED) is 0.358. The van der Waals surface area contributed by atoms with Gasteiger partial charge < -0.3 is 10.6 Å². The smallest absolute Gasteiger partial charge is 0.223 e. The van der Waals surface area contributed by atoms with Crippen molar-refractivity contribution in [2.45, 2.75) is 50.6 Å². The Bertz CT molecular complexity index is 1310. The molecule has 0 saturated heterocycles. The molecule has 8 heteroatoms. The second-order valence-electron chi connectivity index (χ2n) is 8.90. The van der Waals surface area contributed by atoms with Crippen molar-refractivity contribution < 1.29 is 4.39 Å². The Hall–Kier alpha value is -3.19. The molecule has 0 radical (unpaired) electrons. The first kappa shape index (κ1) is 20.4. The number of nitrogens with zero attached hydrogens (tertiary/aromatic N) is 4. The van der Waals surface area contributed by atoms with E-state index in [2.05, 4.69) is 15.6 Å². The highest BCUT2D eigenvalue weighted by Crippen LogP contribution is 2.38. The van der Waals surface area contributed by atoms with Crippen molar-refractivity contribution in [1.29, 1.82) is 0 Å². The third-order valence-electron chi connectivity index (χ3n) is 6.35. The van der Waals surface area contributed by atoms with E-state index in [1.807, 2.05) is 22.7 Å². The number of aromatic nitrogens is 4. The molecule has 0 amide bonds. The molecular formula is C25H24ClFN6. The van der Waals surface area contributed by atoms with E-state index in [4.69, 9.17) is 21.7 Å². The minimum atomic E-state index is -0.284. The molecule has 3 aromatic heterocycles. The van der Waals surface area contributed by atoms with Crippen LogP contribution < -0.4 is 10.6 Å². The SMILES string of the molecule is Fc1ccc(-c2nn3c(NC4CC4)cc(Cl)cc3c2-c2ccnc(NC3CCCC3)n2)cc1. The average Bonchev–Trinajstić information content (AvgIpc) is 3.32. The van der Waals surface area contributed by atoms with Crippen molar-refractivity contribution in [1.82, 2.24) is 19.6 Å². The van der Waals surface area contributed by atoms with Gasteiger partial charge in [-0.05, 0) is 68.1 Å². The maximum Gasteiger partial charge on any atom is 0.223 e. The third kappa shape index (κ3) is 4.13. The first-order valence-corrected chi connectivity index (χ1v) is 11.9. The van der Waals surface area contributed by atoms with Crippen LogP contribution in [0.15, 0.2) is 48.7 Å². The molecule has 0 spiro atoms. The van der Waals surface area contributed by atoms with Crippen LogP contribution in [0.5, 0.6) is 0 Å². The fourth-order valence-electron chi connectivity index (χ4n) is 4.53. The van der Waals surface area contributed by atoms with Crippen molar-refractivity contribution in [3.05, 3.63) is 59.5 Å². The van der Waals surface area contributed by atoms with E-state index in [0.717, 1.165) is 59.5 Å². The first-order chi connectivity index (χ1) is 16.1. The lowest BCUT2D eigenvalue weighted by Gasteiger charge is -2.12. The number of halogens is 2. The second-order valence-corrected chi connectivity index (χ2v) is 9.33. The fourth-order valence-corrected chi connectivity index (χ4v) is 4.74. The van der Waals surface area contributed by atoms with Gasteiger partial charge >= 0.3 is 0 Å². The van der Waals surface area contributed by atoms with Gasteiger partial charge in [-0.15, -0.1) is 0 Å². The van der Waals surface area contributed by atoms with E-state index in [9.17, 15) is 4.39 Å². The van der Waals surface area contributed by atoms with Crippen LogP contribution in [0.3, 0.4) is 0 Å². The molecule has 2 fully saturated rings. The minimum absolute atomic E-state index is 0.284. The van der Waals surface area contributed by atoms with Crippen LogP contribution >= 0.6 is 11.6 Å². The highest BCUT2D eigenvalue weighted by molar-refractivity contribution is 6.31. The van der Waals surface area contributed by atoms with Gasteiger partial charge in [-0.1, -0.05) is 24.4 Å². The number of benzene rings is 1. The lowest BCUT2D eigenvalue weighted by atomic mass is 10.0. The van der Waals surface area contributed by atoms with E-state index in [-0.39, 0.29) is 5.82 Å². The van der Waals surface area contributed by atoms with Gasteiger partial charge in [0.25, 0.3) is 0 Å². The summed E-state index contributed by atoms with van der Waals surface area (Å²) in [6.45, 7) is 0. The summed E-state index contributed by atoms with van der Waals surface area (Å²) in [6, 6.07) is 12.9. The van der Waals surface area contributed by atoms with Crippen LogP contribution in [0.1, 0.15) is 38.5 Å². The minimum Gasteiger partial charge on any atom is -0.367 e. The summed E-state index contributed by atoms with van der Waals surface area (Å²) in [4.78, 5) is 9.30. The molecule has 33 heavy (non-hydrogen) atoms. The number of anilines is 2. The molecule has 2 N–H and O–H groups in total. The molecule has 0 atom stereocenters. The van der Waals surface area contributed by atoms with Crippen LogP contribution in [0.2, 0.25) is 5.02 Å². The maximum absolute atomic E-state index is 13.7. The highest BCUT2D eigenvalue weighted by atomic mass is 35.5. The Morgan fingerprint density at radius 1 is 0.939 bits per heavy atom. The predicted molar refractivity (Wildman–Crippen MR) is 129 cm³/mol. The Morgan fingerprint density at radius 2 is 1.70 bits per heavy atom. The monoisotopic (exact) mass is 462 g/mol. The van der Waals surface area contributed by atoms with E-state index in [1.165, 1.54) is 25.0 Å². The van der Waals surface area contributed by atoms with Gasteiger partial charge in [-0.3, -0.25) is 0 Å². The summed E-state index contributed by atoms with van der Waals surface area (Å²) in [5, 5.41) is 12.6. The topological polar surface area (TPSA) is 67.1 Å². The largest absolute Gasteiger partial charge is 0.367 e. The lowest BCUT2D eigenvalue weighted by Crippen LogP contribution is -2.16. The van der Waals surface area contributed by atoms with Crippen LogP contribution in [-0.4, -0.2) is 31.7 Å². The molecule has 2 aliphatic rings. The van der Waals surface area contributed by atoms with Crippen molar-refractivity contribution in [3.8, 4) is 22.5 Å². The zero-order valence-corrected chi connectivity index (χ0v) is 18.8. The molecule has 6 rings (SSSR count). The van der Waals surface area contributed by atoms with Gasteiger partial charge in [0.2, 0.25) is 5.95 Å². The van der Waals surface area contributed by atoms with Crippen LogP contribution in [0, 0.1) is 5.82 Å². The van der Waals surface area contributed by atoms with Gasteiger partial charge in [0, 0.05) is 28.9 Å². The lowest BCUT2D eigenvalue weighted by molar-refractivity contribution is 0.628. The van der Waals surface area contributed by atoms with Crippen LogP contribution in [0.4, 0.5) is 16.2 Å². The molecule has 2 saturated carbocycles. The summed E-state index contributed by atoms with van der Waals surface area (Å²) in [5.41, 5.74) is 3.98. The van der Waals surface area contributed by atoms with Crippen molar-refractivity contribution in [3.63, 3.8) is 0 Å². The van der Waals surface area contributed by atoms with Gasteiger partial charge in [-0.25, -0.2) is 18.9 Å². The number of pyridine rings is 1. The molecule has 168 valence electrons. The zero-order chi connectivity index (χ0) is 22.4. The van der Waals surface area contributed by atoms with Gasteiger partial charge in [0.05, 0.1) is 16.8 Å². The Morgan fingerprint density at radius 3 is 2.45 bits per heavy atom. The van der Waals surface area contributed by atoms with E-state index < -0.39 is 0 Å². The van der Waals surface area contributed by atoms with E-state index >= 15 is 0 Å². The first-order valence-electron chi connectivity index (χ1n) is 11.5. The molecule has 2 aliphatic carbocycles. The summed E-state index contributed by atoms with van der Waals surface area (Å²) in [7, 11) is 0. The number of rotatable bonds is 6. The molecule has 3 heterocycles. The average molecular weight is 463 g/mol. The molecule has 0 aliphatic heterocycles. The zero-order valence-electron chi connectivity index (χ0n) is 18.1. The highest BCUT2D eigenvalue weighted by Gasteiger charge is 2.25. The molecule has 4 aromatic rings. The fraction of sp³-hybridized carbons (Fsp3) is 0.320. The van der Waals surface area contributed by atoms with E-state index in [0.29, 0.717) is 23.1 Å². The molecule has 0 unspecified atom stereocenters. The molecular weight excluding hydrogens is 439 g/mol. The maximum atomic E-state index is 13.7. The Balaban J connectivity index is 1.52. The summed E-state index contributed by atoms with van der Waals surface area (Å²) >= 11 is 6.53. The predicted octanol–water partition coefficient (Wildman–Crippen LogP) is 6.18. The Labute approximate surface area is 196 Å². The number of nitrogens with one attached hydrogen (secondary N) is 2. The van der Waals surface area contributed by atoms with Crippen molar-refractivity contribution >= 4 is 28.9 Å². The van der Waals surface area contributed by atoms with Gasteiger partial charge in [0.15, 0.2) is 0 Å². The standard InChI is InChI=1S/C25H24ClFN6/c26-16-13-21-23(20-11-12-28-25(31-20)30-18-3-1-2-4-18)24(15-5-7-17(27)8-6-15)32-33(21)22(14-16)29-19-9-10-19/h5-8,11-14,18-19,29H,1-4,9-10H2,(H,28,30,31). The van der Waals surface area contributed by atoms with Crippen molar-refractivity contribution in [2.24, 2.45) is 0 Å². The summed E-state index contributed by atoms with van der Waals surface area (Å²) < 4.78 is 15.5. The van der Waals surface area contributed by atoms with Crippen LogP contribution in [-0.2, 0) is 0 Å². The van der Waals surface area contributed by atoms with E-state index in [1.54, 1.807) is 18.3 Å². The molecule has 1 aromatic carbocycles. The normalized spacial score (nSPS) is 16.4. The summed E-state index contributed by atoms with van der Waals surface area (Å²) in [6.07, 6.45) is 8.77. The Kier molecular flexibility index (Phi) is 5.14. The van der Waals surface area contributed by atoms with Crippen LogP contribution in [0.25, 0.3) is 28.0 Å². The van der Waals surface area contributed by atoms with Crippen molar-refractivity contribution in [2.75, 3.05) is 10.6 Å². The van der Waals surface area contributed by atoms with Gasteiger partial charge in [-0.2, -0.15) is 5.10 Å². The third-order valence-corrected chi connectivity index (χ3v) is 6.56. The number of hydrogen-bond acceptors (Lipinski definition) is 5. The number of hydrogen-bond donors (Lipinski definition) is 2.